The standard InChI is InChI=1S/C12H14ClN3O5/c1-15(6-2-3-11(17)18)12(19)14-8-4-5-9(13)10(7-8)16(20)21/h4-5,7H,2-3,6H2,1H3,(H,14,19)(H,17,18). The van der Waals surface area contributed by atoms with Gasteiger partial charge < -0.3 is 15.3 Å². The molecular formula is C12H14ClN3O5. The normalized spacial score (nSPS) is 10.0. The van der Waals surface area contributed by atoms with E-state index in [1.165, 1.54) is 24.1 Å². The molecule has 0 saturated heterocycles. The Balaban J connectivity index is 2.64. The third-order valence-electron chi connectivity index (χ3n) is 2.62. The minimum atomic E-state index is -0.933. The molecule has 9 heteroatoms. The van der Waals surface area contributed by atoms with Gasteiger partial charge in [-0.3, -0.25) is 14.9 Å². The number of nitro groups is 1. The van der Waals surface area contributed by atoms with Crippen LogP contribution in [0.5, 0.6) is 0 Å². The average Bonchev–Trinajstić information content (AvgIpc) is 2.40. The number of aliphatic carboxylic acids is 1. The topological polar surface area (TPSA) is 113 Å². The highest BCUT2D eigenvalue weighted by molar-refractivity contribution is 6.32. The van der Waals surface area contributed by atoms with Crippen molar-refractivity contribution >= 4 is 35.0 Å². The van der Waals surface area contributed by atoms with Crippen molar-refractivity contribution in [2.45, 2.75) is 12.8 Å². The molecule has 114 valence electrons. The first-order valence-corrected chi connectivity index (χ1v) is 6.37. The first kappa shape index (κ1) is 16.7. The number of anilines is 1. The smallest absolute Gasteiger partial charge is 0.321 e. The van der Waals surface area contributed by atoms with Crippen LogP contribution in [0, 0.1) is 10.1 Å². The number of urea groups is 1. The lowest BCUT2D eigenvalue weighted by atomic mass is 10.3. The number of carboxylic acid groups (broad SMARTS) is 1. The Labute approximate surface area is 125 Å². The zero-order valence-corrected chi connectivity index (χ0v) is 12.0. The molecule has 0 unspecified atom stereocenters. The molecule has 1 aromatic rings. The fraction of sp³-hybridized carbons (Fsp3) is 0.333. The second-order valence-electron chi connectivity index (χ2n) is 4.27. The van der Waals surface area contributed by atoms with Crippen molar-refractivity contribution in [1.29, 1.82) is 0 Å². The number of nitrogens with zero attached hydrogens (tertiary/aromatic N) is 2. The van der Waals surface area contributed by atoms with E-state index < -0.39 is 16.9 Å². The molecule has 8 nitrogen and oxygen atoms in total. The lowest BCUT2D eigenvalue weighted by Crippen LogP contribution is -2.32. The zero-order chi connectivity index (χ0) is 16.0. The zero-order valence-electron chi connectivity index (χ0n) is 11.2. The SMILES string of the molecule is CN(CCCC(=O)O)C(=O)Nc1ccc(Cl)c([N+](=O)[O-])c1. The van der Waals surface area contributed by atoms with Gasteiger partial charge in [-0.2, -0.15) is 0 Å². The quantitative estimate of drug-likeness (QED) is 0.618. The molecule has 2 N–H and O–H groups in total. The number of hydrogen-bond acceptors (Lipinski definition) is 4. The van der Waals surface area contributed by atoms with Gasteiger partial charge in [-0.1, -0.05) is 11.6 Å². The predicted molar refractivity (Wildman–Crippen MR) is 76.6 cm³/mol. The van der Waals surface area contributed by atoms with E-state index in [0.29, 0.717) is 6.42 Å². The molecular weight excluding hydrogens is 302 g/mol. The van der Waals surface area contributed by atoms with Crippen molar-refractivity contribution in [2.24, 2.45) is 0 Å². The van der Waals surface area contributed by atoms with Gasteiger partial charge in [0.1, 0.15) is 5.02 Å². The van der Waals surface area contributed by atoms with E-state index in [-0.39, 0.29) is 29.4 Å². The summed E-state index contributed by atoms with van der Waals surface area (Å²) < 4.78 is 0. The lowest BCUT2D eigenvalue weighted by Gasteiger charge is -2.17. The van der Waals surface area contributed by atoms with Gasteiger partial charge in [0.15, 0.2) is 0 Å². The molecule has 0 aliphatic rings. The van der Waals surface area contributed by atoms with Crippen LogP contribution < -0.4 is 5.32 Å². The van der Waals surface area contributed by atoms with Gasteiger partial charge in [-0.15, -0.1) is 0 Å². The van der Waals surface area contributed by atoms with Crippen LogP contribution in [0.25, 0.3) is 0 Å². The molecule has 0 radical (unpaired) electrons. The van der Waals surface area contributed by atoms with E-state index in [1.54, 1.807) is 0 Å². The minimum absolute atomic E-state index is 0.0205. The summed E-state index contributed by atoms with van der Waals surface area (Å²) in [7, 11) is 1.50. The van der Waals surface area contributed by atoms with Crippen LogP contribution in [0.2, 0.25) is 5.02 Å². The largest absolute Gasteiger partial charge is 0.481 e. The number of carbonyl (C=O) groups is 2. The summed E-state index contributed by atoms with van der Waals surface area (Å²) in [5.41, 5.74) is -0.0656. The molecule has 0 aliphatic heterocycles. The fourth-order valence-corrected chi connectivity index (χ4v) is 1.70. The summed E-state index contributed by atoms with van der Waals surface area (Å²) in [5, 5.41) is 21.7. The molecule has 0 bridgehead atoms. The molecule has 0 aromatic heterocycles. The number of hydrogen-bond donors (Lipinski definition) is 2. The van der Waals surface area contributed by atoms with Crippen LogP contribution in [-0.2, 0) is 4.79 Å². The summed E-state index contributed by atoms with van der Waals surface area (Å²) >= 11 is 5.67. The number of carboxylic acids is 1. The van der Waals surface area contributed by atoms with Crippen LogP contribution in [0.15, 0.2) is 18.2 Å². The summed E-state index contributed by atoms with van der Waals surface area (Å²) in [4.78, 5) is 33.6. The molecule has 0 spiro atoms. The molecule has 0 atom stereocenters. The first-order chi connectivity index (χ1) is 9.81. The molecule has 1 aromatic carbocycles. The number of nitro benzene ring substituents is 1. The van der Waals surface area contributed by atoms with Crippen LogP contribution in [-0.4, -0.2) is 40.5 Å². The maximum Gasteiger partial charge on any atom is 0.321 e. The highest BCUT2D eigenvalue weighted by atomic mass is 35.5. The Morgan fingerprint density at radius 3 is 2.71 bits per heavy atom. The summed E-state index contributed by atoms with van der Waals surface area (Å²) in [6.45, 7) is 0.258. The van der Waals surface area contributed by atoms with Gasteiger partial charge >= 0.3 is 12.0 Å². The van der Waals surface area contributed by atoms with Gasteiger partial charge in [-0.25, -0.2) is 4.79 Å². The van der Waals surface area contributed by atoms with Gasteiger partial charge in [0.2, 0.25) is 0 Å². The Morgan fingerprint density at radius 2 is 2.14 bits per heavy atom. The summed E-state index contributed by atoms with van der Waals surface area (Å²) in [6, 6.07) is 3.43. The van der Waals surface area contributed by atoms with E-state index in [2.05, 4.69) is 5.32 Å². The Hall–Kier alpha value is -2.35. The number of nitrogens with one attached hydrogen (secondary N) is 1. The van der Waals surface area contributed by atoms with Gasteiger partial charge in [-0.05, 0) is 18.6 Å². The van der Waals surface area contributed by atoms with Crippen molar-refractivity contribution in [2.75, 3.05) is 18.9 Å². The minimum Gasteiger partial charge on any atom is -0.481 e. The molecule has 0 heterocycles. The van der Waals surface area contributed by atoms with E-state index in [0.717, 1.165) is 6.07 Å². The molecule has 2 amide bonds. The van der Waals surface area contributed by atoms with Crippen molar-refractivity contribution in [1.82, 2.24) is 4.90 Å². The van der Waals surface area contributed by atoms with Crippen molar-refractivity contribution < 1.29 is 19.6 Å². The second kappa shape index (κ2) is 7.44. The number of rotatable bonds is 6. The highest BCUT2D eigenvalue weighted by Gasteiger charge is 2.15. The van der Waals surface area contributed by atoms with Crippen molar-refractivity contribution in [3.05, 3.63) is 33.3 Å². The molecule has 1 rings (SSSR count). The van der Waals surface area contributed by atoms with E-state index in [1.807, 2.05) is 0 Å². The molecule has 0 aliphatic carbocycles. The monoisotopic (exact) mass is 315 g/mol. The molecule has 21 heavy (non-hydrogen) atoms. The highest BCUT2D eigenvalue weighted by Crippen LogP contribution is 2.27. The van der Waals surface area contributed by atoms with Crippen LogP contribution in [0.1, 0.15) is 12.8 Å². The third-order valence-corrected chi connectivity index (χ3v) is 2.94. The van der Waals surface area contributed by atoms with Crippen LogP contribution in [0.4, 0.5) is 16.2 Å². The average molecular weight is 316 g/mol. The van der Waals surface area contributed by atoms with Gasteiger partial charge in [0.05, 0.1) is 4.92 Å². The number of halogens is 1. The Morgan fingerprint density at radius 1 is 1.48 bits per heavy atom. The van der Waals surface area contributed by atoms with Gasteiger partial charge in [0, 0.05) is 31.8 Å². The predicted octanol–water partition coefficient (Wildman–Crippen LogP) is 2.58. The second-order valence-corrected chi connectivity index (χ2v) is 4.68. The van der Waals surface area contributed by atoms with E-state index in [9.17, 15) is 19.7 Å². The van der Waals surface area contributed by atoms with E-state index >= 15 is 0 Å². The fourth-order valence-electron chi connectivity index (χ4n) is 1.52. The first-order valence-electron chi connectivity index (χ1n) is 5.99. The number of amides is 2. The Kier molecular flexibility index (Phi) is 5.92. The van der Waals surface area contributed by atoms with Crippen LogP contribution >= 0.6 is 11.6 Å². The summed E-state index contributed by atoms with van der Waals surface area (Å²) in [6.07, 6.45) is 0.282. The van der Waals surface area contributed by atoms with Crippen LogP contribution in [0.3, 0.4) is 0 Å². The van der Waals surface area contributed by atoms with Crippen molar-refractivity contribution in [3.8, 4) is 0 Å². The summed E-state index contributed by atoms with van der Waals surface area (Å²) in [5.74, 6) is -0.933. The third kappa shape index (κ3) is 5.27. The maximum absolute atomic E-state index is 11.8. The number of carbonyl (C=O) groups excluding carboxylic acids is 1. The Bertz CT molecular complexity index is 564. The van der Waals surface area contributed by atoms with Gasteiger partial charge in [0.25, 0.3) is 5.69 Å². The van der Waals surface area contributed by atoms with Crippen molar-refractivity contribution in [3.63, 3.8) is 0 Å². The maximum atomic E-state index is 11.8. The molecule has 0 saturated carbocycles. The molecule has 0 fully saturated rings. The van der Waals surface area contributed by atoms with E-state index in [4.69, 9.17) is 16.7 Å². The number of benzene rings is 1. The lowest BCUT2D eigenvalue weighted by molar-refractivity contribution is -0.384.